The van der Waals surface area contributed by atoms with E-state index in [9.17, 15) is 28.0 Å². The summed E-state index contributed by atoms with van der Waals surface area (Å²) in [6.07, 6.45) is 4.75. The first kappa shape index (κ1) is 33.6. The van der Waals surface area contributed by atoms with Crippen molar-refractivity contribution >= 4 is 27.0 Å². The highest BCUT2D eigenvalue weighted by molar-refractivity contribution is 7.86. The third-order valence-corrected chi connectivity index (χ3v) is 13.4. The van der Waals surface area contributed by atoms with Gasteiger partial charge in [0.2, 0.25) is 0 Å². The molecule has 49 heavy (non-hydrogen) atoms. The van der Waals surface area contributed by atoms with E-state index in [1.165, 1.54) is 43.5 Å². The molecule has 4 atom stereocenters. The van der Waals surface area contributed by atoms with Gasteiger partial charge in [0.1, 0.15) is 40.6 Å². The van der Waals surface area contributed by atoms with Gasteiger partial charge in [-0.15, -0.1) is 0 Å². The summed E-state index contributed by atoms with van der Waals surface area (Å²) in [5, 5.41) is 19.1. The molecule has 0 spiro atoms. The van der Waals surface area contributed by atoms with Crippen LogP contribution >= 0.6 is 0 Å². The van der Waals surface area contributed by atoms with Gasteiger partial charge in [0.05, 0.1) is 5.41 Å². The lowest BCUT2D eigenvalue weighted by atomic mass is 9.59. The van der Waals surface area contributed by atoms with Crippen molar-refractivity contribution in [3.05, 3.63) is 83.4 Å². The Labute approximate surface area is 288 Å². The van der Waals surface area contributed by atoms with Crippen LogP contribution in [-0.4, -0.2) is 65.4 Å². The Kier molecular flexibility index (Phi) is 8.36. The van der Waals surface area contributed by atoms with Gasteiger partial charge in [0.15, 0.2) is 5.60 Å². The van der Waals surface area contributed by atoms with Crippen LogP contribution in [-0.2, 0) is 20.5 Å². The number of aromatic hydroxyl groups is 2. The number of Topliss-reactive ketones (excluding diaryl/α,β-unsaturated/α-hetero) is 1. The minimum Gasteiger partial charge on any atom is -0.508 e. The molecule has 0 radical (unpaired) electrons. The molecule has 3 N–H and O–H groups in total. The van der Waals surface area contributed by atoms with Crippen molar-refractivity contribution in [2.75, 3.05) is 26.2 Å². The quantitative estimate of drug-likeness (QED) is 0.207. The first-order chi connectivity index (χ1) is 23.3. The van der Waals surface area contributed by atoms with Crippen LogP contribution in [0.3, 0.4) is 0 Å². The predicted octanol–water partition coefficient (Wildman–Crippen LogP) is 6.83. The van der Waals surface area contributed by atoms with E-state index in [1.807, 2.05) is 20.8 Å². The number of rotatable bonds is 9. The summed E-state index contributed by atoms with van der Waals surface area (Å²) in [5.74, 6) is 0.504. The molecule has 2 aliphatic carbocycles. The van der Waals surface area contributed by atoms with E-state index in [4.69, 9.17) is 9.47 Å². The second-order valence-electron chi connectivity index (χ2n) is 14.8. The number of phenols is 2. The molecular weight excluding hydrogens is 642 g/mol. The number of hydrogen-bond donors (Lipinski definition) is 3. The van der Waals surface area contributed by atoms with Crippen molar-refractivity contribution in [1.29, 1.82) is 0 Å². The van der Waals surface area contributed by atoms with Crippen LogP contribution < -0.4 is 9.47 Å². The minimum absolute atomic E-state index is 0.0244. The average Bonchev–Trinajstić information content (AvgIpc) is 3.41. The van der Waals surface area contributed by atoms with E-state index in [1.54, 1.807) is 42.5 Å². The van der Waals surface area contributed by atoms with Crippen LogP contribution in [0, 0.1) is 16.7 Å². The standard InChI is InChI=1S/C39H45NO8S/c1-25-32-16-13-30(42)24-33(32)48-39(35(25)26-7-11-29(41)12-8-26,27-9-14-31(15-10-27)47-22-21-40-19-5-4-6-20-40)36(49(44,45)46)38-18-17-28(23-34(38)43)37(38,2)3/h7-16,24,28,36,41-42H,4-6,17-23H2,1-3H3,(H,44,45,46)/t28?,36?,38-,39+/m0/s1. The first-order valence-electron chi connectivity index (χ1n) is 17.3. The van der Waals surface area contributed by atoms with Gasteiger partial charge in [0, 0.05) is 35.7 Å². The number of nitrogens with zero attached hydrogens (tertiary/aromatic N) is 1. The number of piperidine rings is 1. The summed E-state index contributed by atoms with van der Waals surface area (Å²) in [5.41, 5.74) is -1.56. The lowest BCUT2D eigenvalue weighted by Gasteiger charge is -2.53. The van der Waals surface area contributed by atoms with Crippen molar-refractivity contribution in [1.82, 2.24) is 4.90 Å². The Morgan fingerprint density at radius 2 is 1.63 bits per heavy atom. The summed E-state index contributed by atoms with van der Waals surface area (Å²) in [6, 6.07) is 18.2. The molecule has 0 aromatic heterocycles. The molecule has 2 bridgehead atoms. The summed E-state index contributed by atoms with van der Waals surface area (Å²) in [7, 11) is -5.05. The molecule has 9 nitrogen and oxygen atoms in total. The summed E-state index contributed by atoms with van der Waals surface area (Å²) >= 11 is 0. The average molecular weight is 688 g/mol. The van der Waals surface area contributed by atoms with Crippen LogP contribution in [0.1, 0.15) is 76.0 Å². The van der Waals surface area contributed by atoms with E-state index in [0.29, 0.717) is 46.6 Å². The van der Waals surface area contributed by atoms with Gasteiger partial charge in [-0.1, -0.05) is 44.5 Å². The van der Waals surface area contributed by atoms with Crippen molar-refractivity contribution in [3.63, 3.8) is 0 Å². The fraction of sp³-hybridized carbons (Fsp3) is 0.462. The second-order valence-corrected chi connectivity index (χ2v) is 16.3. The molecule has 0 amide bonds. The highest BCUT2D eigenvalue weighted by Crippen LogP contribution is 2.70. The van der Waals surface area contributed by atoms with E-state index >= 15 is 0 Å². The number of benzene rings is 3. The normalized spacial score (nSPS) is 27.1. The third-order valence-electron chi connectivity index (χ3n) is 12.1. The molecule has 2 aliphatic heterocycles. The fourth-order valence-electron chi connectivity index (χ4n) is 9.55. The lowest BCUT2D eigenvalue weighted by Crippen LogP contribution is -2.63. The number of allylic oxidation sites excluding steroid dienone is 1. The number of fused-ring (bicyclic) bond motifs is 3. The second kappa shape index (κ2) is 12.2. The van der Waals surface area contributed by atoms with Crippen molar-refractivity contribution < 1.29 is 37.5 Å². The Bertz CT molecular complexity index is 1900. The largest absolute Gasteiger partial charge is 0.508 e. The SMILES string of the molecule is CC1=C(c2ccc(O)cc2)[C@](c2ccc(OCCN3CCCCC3)cc2)(C([C@]23CCC(CC2=O)C3(C)C)S(=O)(=O)O)Oc2cc(O)ccc21. The molecule has 4 aliphatic rings. The Balaban J connectivity index is 1.46. The molecule has 1 saturated heterocycles. The molecule has 2 saturated carbocycles. The zero-order valence-corrected chi connectivity index (χ0v) is 29.1. The molecule has 260 valence electrons. The number of ether oxygens (including phenoxy) is 2. The number of carbonyl (C=O) groups is 1. The zero-order valence-electron chi connectivity index (χ0n) is 28.3. The maximum absolute atomic E-state index is 14.3. The van der Waals surface area contributed by atoms with Crippen LogP contribution in [0.2, 0.25) is 0 Å². The van der Waals surface area contributed by atoms with Gasteiger partial charge < -0.3 is 19.7 Å². The molecule has 3 aromatic carbocycles. The minimum atomic E-state index is -5.05. The van der Waals surface area contributed by atoms with E-state index in [-0.39, 0.29) is 41.8 Å². The molecule has 2 unspecified atom stereocenters. The number of likely N-dealkylation sites (tertiary alicyclic amines) is 1. The predicted molar refractivity (Wildman–Crippen MR) is 187 cm³/mol. The van der Waals surface area contributed by atoms with Crippen LogP contribution in [0.5, 0.6) is 23.0 Å². The highest BCUT2D eigenvalue weighted by Gasteiger charge is 2.75. The number of carbonyl (C=O) groups excluding carboxylic acids is 1. The molecule has 2 heterocycles. The van der Waals surface area contributed by atoms with Crippen LogP contribution in [0.15, 0.2) is 66.7 Å². The van der Waals surface area contributed by atoms with E-state index in [0.717, 1.165) is 19.6 Å². The monoisotopic (exact) mass is 687 g/mol. The molecule has 3 aromatic rings. The lowest BCUT2D eigenvalue weighted by molar-refractivity contribution is -0.132. The Morgan fingerprint density at radius 1 is 0.959 bits per heavy atom. The topological polar surface area (TPSA) is 134 Å². The third kappa shape index (κ3) is 5.34. The molecule has 7 rings (SSSR count). The van der Waals surface area contributed by atoms with Crippen molar-refractivity contribution in [3.8, 4) is 23.0 Å². The molecule has 10 heteroatoms. The summed E-state index contributed by atoms with van der Waals surface area (Å²) in [6.45, 7) is 9.12. The van der Waals surface area contributed by atoms with Gasteiger partial charge in [0.25, 0.3) is 10.1 Å². The summed E-state index contributed by atoms with van der Waals surface area (Å²) < 4.78 is 53.3. The van der Waals surface area contributed by atoms with E-state index in [2.05, 4.69) is 4.90 Å². The molecule has 3 fully saturated rings. The van der Waals surface area contributed by atoms with Gasteiger partial charge in [-0.2, -0.15) is 8.42 Å². The Morgan fingerprint density at radius 3 is 2.24 bits per heavy atom. The summed E-state index contributed by atoms with van der Waals surface area (Å²) in [4.78, 5) is 16.7. The first-order valence-corrected chi connectivity index (χ1v) is 18.8. The zero-order chi connectivity index (χ0) is 34.8. The highest BCUT2D eigenvalue weighted by atomic mass is 32.2. The number of hydrogen-bond acceptors (Lipinski definition) is 8. The smallest absolute Gasteiger partial charge is 0.273 e. The number of ketones is 1. The van der Waals surface area contributed by atoms with Gasteiger partial charge >= 0.3 is 0 Å². The van der Waals surface area contributed by atoms with E-state index < -0.39 is 31.8 Å². The Hall–Kier alpha value is -3.86. The van der Waals surface area contributed by atoms with Gasteiger partial charge in [-0.25, -0.2) is 0 Å². The van der Waals surface area contributed by atoms with Crippen LogP contribution in [0.4, 0.5) is 0 Å². The maximum atomic E-state index is 14.3. The van der Waals surface area contributed by atoms with Gasteiger partial charge in [-0.05, 0) is 105 Å². The van der Waals surface area contributed by atoms with Crippen molar-refractivity contribution in [2.24, 2.45) is 16.7 Å². The molecular formula is C39H45NO8S. The maximum Gasteiger partial charge on any atom is 0.273 e. The fourth-order valence-corrected chi connectivity index (χ4v) is 11.3. The number of phenolic OH excluding ortho intramolecular Hbond substituents is 2. The van der Waals surface area contributed by atoms with Gasteiger partial charge in [-0.3, -0.25) is 14.2 Å². The van der Waals surface area contributed by atoms with Crippen molar-refractivity contribution in [2.45, 2.75) is 70.1 Å². The van der Waals surface area contributed by atoms with Crippen LogP contribution in [0.25, 0.3) is 11.1 Å².